The van der Waals surface area contributed by atoms with E-state index in [0.29, 0.717) is 18.7 Å². The number of nitrogens with zero attached hydrogens (tertiary/aromatic N) is 2. The molecule has 0 radical (unpaired) electrons. The third-order valence-corrected chi connectivity index (χ3v) is 5.09. The van der Waals surface area contributed by atoms with Gasteiger partial charge in [0.2, 0.25) is 0 Å². The highest BCUT2D eigenvalue weighted by molar-refractivity contribution is 5.96. The summed E-state index contributed by atoms with van der Waals surface area (Å²) in [6.45, 7) is 4.03. The van der Waals surface area contributed by atoms with Gasteiger partial charge in [0.05, 0.1) is 32.7 Å². The van der Waals surface area contributed by atoms with Crippen LogP contribution in [0.3, 0.4) is 0 Å². The third kappa shape index (κ3) is 3.90. The maximum absolute atomic E-state index is 12.8. The first-order chi connectivity index (χ1) is 13.2. The normalized spacial score (nSPS) is 15.2. The molecule has 0 aliphatic carbocycles. The maximum atomic E-state index is 12.8. The average molecular weight is 364 g/mol. The summed E-state index contributed by atoms with van der Waals surface area (Å²) >= 11 is 0. The van der Waals surface area contributed by atoms with Gasteiger partial charge in [0.25, 0.3) is 5.91 Å². The Labute approximate surface area is 157 Å². The van der Waals surface area contributed by atoms with Gasteiger partial charge in [0, 0.05) is 23.7 Å². The van der Waals surface area contributed by atoms with Crippen molar-refractivity contribution in [3.05, 3.63) is 76.4 Å². The van der Waals surface area contributed by atoms with Crippen molar-refractivity contribution in [3.63, 3.8) is 0 Å². The zero-order valence-corrected chi connectivity index (χ0v) is 15.1. The van der Waals surface area contributed by atoms with Crippen LogP contribution in [0.25, 0.3) is 11.0 Å². The van der Waals surface area contributed by atoms with Crippen LogP contribution in [0, 0.1) is 0 Å². The number of quaternary nitrogens is 1. The Morgan fingerprint density at radius 3 is 2.67 bits per heavy atom. The highest BCUT2D eigenvalue weighted by Crippen LogP contribution is 2.13. The van der Waals surface area contributed by atoms with Crippen LogP contribution in [0.4, 0.5) is 0 Å². The fourth-order valence-corrected chi connectivity index (χ4v) is 3.51. The van der Waals surface area contributed by atoms with E-state index in [9.17, 15) is 9.59 Å². The summed E-state index contributed by atoms with van der Waals surface area (Å²) in [4.78, 5) is 32.6. The molecule has 3 heterocycles. The molecule has 2 aromatic heterocycles. The minimum atomic E-state index is -0.566. The molecule has 1 fully saturated rings. The highest BCUT2D eigenvalue weighted by atomic mass is 16.4. The number of para-hydroxylation sites is 1. The second kappa shape index (κ2) is 7.72. The van der Waals surface area contributed by atoms with Gasteiger partial charge in [-0.05, 0) is 24.3 Å². The summed E-state index contributed by atoms with van der Waals surface area (Å²) in [6, 6.07) is 14.8. The topological polar surface area (TPSA) is 67.8 Å². The van der Waals surface area contributed by atoms with Crippen LogP contribution < -0.4 is 10.5 Å². The molecule has 6 nitrogen and oxygen atoms in total. The van der Waals surface area contributed by atoms with Crippen LogP contribution in [0.15, 0.2) is 63.9 Å². The Kier molecular flexibility index (Phi) is 4.98. The number of carbonyl (C=O) groups excluding carboxylic acids is 1. The van der Waals surface area contributed by atoms with Gasteiger partial charge in [-0.2, -0.15) is 0 Å². The quantitative estimate of drug-likeness (QED) is 0.695. The smallest absolute Gasteiger partial charge is 0.349 e. The number of hydrogen-bond acceptors (Lipinski definition) is 4. The van der Waals surface area contributed by atoms with Crippen LogP contribution in [0.2, 0.25) is 0 Å². The summed E-state index contributed by atoms with van der Waals surface area (Å²) in [6.07, 6.45) is 2.74. The second-order valence-electron chi connectivity index (χ2n) is 6.85. The molecule has 6 heteroatoms. The third-order valence-electron chi connectivity index (χ3n) is 5.09. The number of pyridine rings is 1. The molecule has 27 heavy (non-hydrogen) atoms. The van der Waals surface area contributed by atoms with Crippen molar-refractivity contribution in [2.75, 3.05) is 32.7 Å². The largest absolute Gasteiger partial charge is 0.422 e. The van der Waals surface area contributed by atoms with E-state index < -0.39 is 5.63 Å². The molecular formula is C21H22N3O3+. The molecule has 1 N–H and O–H groups in total. The van der Waals surface area contributed by atoms with Crippen molar-refractivity contribution in [2.45, 2.75) is 6.42 Å². The number of nitrogens with one attached hydrogen (secondary N) is 1. The highest BCUT2D eigenvalue weighted by Gasteiger charge is 2.26. The molecule has 138 valence electrons. The van der Waals surface area contributed by atoms with E-state index in [4.69, 9.17) is 4.42 Å². The molecule has 1 saturated heterocycles. The first-order valence-corrected chi connectivity index (χ1v) is 9.26. The lowest BCUT2D eigenvalue weighted by atomic mass is 10.1. The van der Waals surface area contributed by atoms with Gasteiger partial charge in [0.1, 0.15) is 11.1 Å². The number of carbonyl (C=O) groups is 1. The Morgan fingerprint density at radius 2 is 1.89 bits per heavy atom. The number of benzene rings is 1. The molecule has 0 spiro atoms. The van der Waals surface area contributed by atoms with Crippen molar-refractivity contribution < 1.29 is 14.1 Å². The molecule has 1 aliphatic rings. The van der Waals surface area contributed by atoms with Crippen molar-refractivity contribution in [2.24, 2.45) is 0 Å². The summed E-state index contributed by atoms with van der Waals surface area (Å²) in [5.74, 6) is -0.238. The van der Waals surface area contributed by atoms with Crippen molar-refractivity contribution in [1.82, 2.24) is 9.88 Å². The first-order valence-electron chi connectivity index (χ1n) is 9.26. The minimum Gasteiger partial charge on any atom is -0.422 e. The number of hydrogen-bond donors (Lipinski definition) is 1. The van der Waals surface area contributed by atoms with E-state index >= 15 is 0 Å². The Morgan fingerprint density at radius 1 is 1.11 bits per heavy atom. The average Bonchev–Trinajstić information content (AvgIpc) is 2.72. The van der Waals surface area contributed by atoms with Crippen LogP contribution >= 0.6 is 0 Å². The van der Waals surface area contributed by atoms with Crippen molar-refractivity contribution in [1.29, 1.82) is 0 Å². The lowest BCUT2D eigenvalue weighted by molar-refractivity contribution is -0.903. The Bertz CT molecular complexity index is 992. The van der Waals surface area contributed by atoms with Crippen LogP contribution in [0.5, 0.6) is 0 Å². The molecule has 1 aromatic carbocycles. The van der Waals surface area contributed by atoms with Gasteiger partial charge in [-0.3, -0.25) is 9.78 Å². The molecule has 0 unspecified atom stereocenters. The maximum Gasteiger partial charge on any atom is 0.349 e. The summed E-state index contributed by atoms with van der Waals surface area (Å²) in [5, 5.41) is 0.764. The molecule has 4 rings (SSSR count). The SMILES string of the molecule is O=C(c1cc2ccccc2oc1=O)N1CC[NH+](CCc2ccccn2)CC1. The van der Waals surface area contributed by atoms with Gasteiger partial charge in [-0.1, -0.05) is 24.3 Å². The zero-order valence-electron chi connectivity index (χ0n) is 15.1. The fourth-order valence-electron chi connectivity index (χ4n) is 3.51. The zero-order chi connectivity index (χ0) is 18.6. The predicted molar refractivity (Wildman–Crippen MR) is 102 cm³/mol. The van der Waals surface area contributed by atoms with Crippen molar-refractivity contribution >= 4 is 16.9 Å². The number of aromatic nitrogens is 1. The van der Waals surface area contributed by atoms with Gasteiger partial charge in [-0.15, -0.1) is 0 Å². The number of piperazine rings is 1. The predicted octanol–water partition coefficient (Wildman–Crippen LogP) is 0.771. The number of fused-ring (bicyclic) bond motifs is 1. The van der Waals surface area contributed by atoms with E-state index in [1.807, 2.05) is 36.5 Å². The van der Waals surface area contributed by atoms with Gasteiger partial charge >= 0.3 is 5.63 Å². The standard InChI is InChI=1S/C21H21N3O3/c25-20(18-15-16-5-1-2-7-19(16)27-21(18)26)24-13-11-23(12-14-24)10-8-17-6-3-4-9-22-17/h1-7,9,15H,8,10-14H2/p+1. The van der Waals surface area contributed by atoms with Gasteiger partial charge < -0.3 is 14.2 Å². The fraction of sp³-hybridized carbons (Fsp3) is 0.286. The van der Waals surface area contributed by atoms with E-state index in [1.54, 1.807) is 23.1 Å². The van der Waals surface area contributed by atoms with Crippen LogP contribution in [-0.4, -0.2) is 48.5 Å². The second-order valence-corrected chi connectivity index (χ2v) is 6.85. The van der Waals surface area contributed by atoms with Gasteiger partial charge in [-0.25, -0.2) is 4.79 Å². The monoisotopic (exact) mass is 364 g/mol. The number of rotatable bonds is 4. The number of amides is 1. The van der Waals surface area contributed by atoms with E-state index in [-0.39, 0.29) is 11.5 Å². The van der Waals surface area contributed by atoms with Crippen molar-refractivity contribution in [3.8, 4) is 0 Å². The Balaban J connectivity index is 1.39. The summed E-state index contributed by atoms with van der Waals surface area (Å²) in [5.41, 5.74) is 1.15. The van der Waals surface area contributed by atoms with E-state index in [1.165, 1.54) is 4.90 Å². The molecule has 0 bridgehead atoms. The molecular weight excluding hydrogens is 342 g/mol. The lowest BCUT2D eigenvalue weighted by Crippen LogP contribution is -3.15. The van der Waals surface area contributed by atoms with E-state index in [0.717, 1.165) is 37.1 Å². The summed E-state index contributed by atoms with van der Waals surface area (Å²) < 4.78 is 5.30. The van der Waals surface area contributed by atoms with Crippen LogP contribution in [-0.2, 0) is 6.42 Å². The first kappa shape index (κ1) is 17.4. The lowest BCUT2D eigenvalue weighted by Gasteiger charge is -2.32. The van der Waals surface area contributed by atoms with E-state index in [2.05, 4.69) is 4.98 Å². The molecule has 0 saturated carbocycles. The Hall–Kier alpha value is -2.99. The van der Waals surface area contributed by atoms with Gasteiger partial charge in [0.15, 0.2) is 0 Å². The summed E-state index contributed by atoms with van der Waals surface area (Å²) in [7, 11) is 0. The molecule has 3 aromatic rings. The molecule has 1 amide bonds. The minimum absolute atomic E-state index is 0.116. The van der Waals surface area contributed by atoms with Crippen LogP contribution in [0.1, 0.15) is 16.1 Å². The molecule has 0 atom stereocenters. The molecule has 1 aliphatic heterocycles.